The van der Waals surface area contributed by atoms with Crippen molar-refractivity contribution in [1.29, 1.82) is 0 Å². The predicted octanol–water partition coefficient (Wildman–Crippen LogP) is 1.87. The maximum absolute atomic E-state index is 12.4. The van der Waals surface area contributed by atoms with Gasteiger partial charge in [-0.25, -0.2) is 0 Å². The summed E-state index contributed by atoms with van der Waals surface area (Å²) in [5, 5.41) is 77.1. The van der Waals surface area contributed by atoms with E-state index in [2.05, 4.69) is 34.6 Å². The van der Waals surface area contributed by atoms with Crippen LogP contribution in [0.15, 0.2) is 0 Å². The number of hydrogen-bond donors (Lipinski definition) is 7. The van der Waals surface area contributed by atoms with E-state index >= 15 is 0 Å². The SMILES string of the molecule is CC(=O)O[C@@H]1[C@@H](OC(C)=O)[C@H](O[C@H]2CCC34CC35CC[C@]3(C)C(C6(C)CC[C@@H](C(C)(C)O)O6)C(O)C[C@@]3(C)C5C[C@H](O[C@@H]3O[C@H](CO)[C@@H](O)[C@H](O)[C@H]3O)C4C2(C)C)OC[C@H]1O. The summed E-state index contributed by atoms with van der Waals surface area (Å²) in [6.45, 7) is 16.1. The fraction of sp³-hybridized carbons (Fsp3) is 0.956. The van der Waals surface area contributed by atoms with Gasteiger partial charge in [0.2, 0.25) is 0 Å². The number of rotatable bonds is 9. The molecule has 5 aliphatic carbocycles. The summed E-state index contributed by atoms with van der Waals surface area (Å²) < 4.78 is 43.6. The number of hydrogen-bond acceptors (Lipinski definition) is 16. The first-order valence-corrected chi connectivity index (χ1v) is 22.6. The molecular weight excluding hydrogens is 796 g/mol. The van der Waals surface area contributed by atoms with Crippen molar-refractivity contribution in [2.24, 2.45) is 44.8 Å². The summed E-state index contributed by atoms with van der Waals surface area (Å²) in [7, 11) is 0. The van der Waals surface area contributed by atoms with Crippen LogP contribution in [0.1, 0.15) is 120 Å². The zero-order valence-electron chi connectivity index (χ0n) is 37.3. The topological polar surface area (TPSA) is 240 Å². The standard InChI is InChI=1S/C45H72O16/c1-21(47)56-33-24(50)19-55-38(34(33)57-22(2)48)60-28-11-13-45-20-44(45)15-14-41(7)35(43(9)12-10-29(61-43)40(5,6)54)23(49)17-42(41,8)27(44)16-25(36(45)39(28,3)4)58-37-32(53)31(52)30(51)26(18-46)59-37/h23-38,46,49-54H,10-20H2,1-9H3/t23?,24-,25+,26-,27?,28+,29+,30-,31+,32-,33+,34-,35?,36?,37-,38+,41-,42+,43?,44?,45?/m1/s1. The van der Waals surface area contributed by atoms with Gasteiger partial charge in [0.15, 0.2) is 24.8 Å². The number of ether oxygens (including phenoxy) is 7. The molecule has 61 heavy (non-hydrogen) atoms. The molecule has 0 bridgehead atoms. The smallest absolute Gasteiger partial charge is 0.303 e. The van der Waals surface area contributed by atoms with Crippen molar-refractivity contribution in [3.63, 3.8) is 0 Å². The Labute approximate surface area is 358 Å². The maximum atomic E-state index is 12.4. The van der Waals surface area contributed by atoms with Gasteiger partial charge < -0.3 is 68.9 Å². The zero-order chi connectivity index (χ0) is 44.6. The van der Waals surface area contributed by atoms with Crippen LogP contribution in [0.25, 0.3) is 0 Å². The summed E-state index contributed by atoms with van der Waals surface area (Å²) >= 11 is 0. The quantitative estimate of drug-likeness (QED) is 0.129. The van der Waals surface area contributed by atoms with Gasteiger partial charge in [0, 0.05) is 19.8 Å². The molecule has 16 nitrogen and oxygen atoms in total. The Hall–Kier alpha value is -1.54. The molecule has 3 aliphatic heterocycles. The average molecular weight is 869 g/mol. The van der Waals surface area contributed by atoms with Gasteiger partial charge in [-0.05, 0) is 117 Å². The Morgan fingerprint density at radius 2 is 1.43 bits per heavy atom. The molecule has 0 aromatic heterocycles. The van der Waals surface area contributed by atoms with Gasteiger partial charge in [-0.2, -0.15) is 0 Å². The second-order valence-corrected chi connectivity index (χ2v) is 22.2. The molecule has 0 radical (unpaired) electrons. The molecule has 0 amide bonds. The fourth-order valence-electron chi connectivity index (χ4n) is 15.5. The minimum atomic E-state index is -1.63. The maximum Gasteiger partial charge on any atom is 0.303 e. The van der Waals surface area contributed by atoms with Crippen LogP contribution >= 0.6 is 0 Å². The third kappa shape index (κ3) is 6.89. The van der Waals surface area contributed by atoms with Crippen molar-refractivity contribution >= 4 is 11.9 Å². The predicted molar refractivity (Wildman–Crippen MR) is 213 cm³/mol. The molecule has 21 atom stereocenters. The van der Waals surface area contributed by atoms with E-state index in [0.717, 1.165) is 32.1 Å². The van der Waals surface area contributed by atoms with E-state index in [9.17, 15) is 45.3 Å². The van der Waals surface area contributed by atoms with Crippen LogP contribution in [0.2, 0.25) is 0 Å². The van der Waals surface area contributed by atoms with Crippen molar-refractivity contribution in [2.45, 2.75) is 211 Å². The highest BCUT2D eigenvalue weighted by Crippen LogP contribution is 2.89. The summed E-state index contributed by atoms with van der Waals surface area (Å²) in [5.74, 6) is -1.67. The molecule has 3 saturated heterocycles. The third-order valence-corrected chi connectivity index (χ3v) is 18.2. The molecule has 8 aliphatic rings. The number of carbonyl (C=O) groups is 2. The first kappa shape index (κ1) is 46.0. The van der Waals surface area contributed by atoms with Crippen molar-refractivity contribution < 1.29 is 78.5 Å². The van der Waals surface area contributed by atoms with Crippen LogP contribution in [0.4, 0.5) is 0 Å². The highest BCUT2D eigenvalue weighted by molar-refractivity contribution is 5.67. The Morgan fingerprint density at radius 1 is 0.754 bits per heavy atom. The largest absolute Gasteiger partial charge is 0.455 e. The lowest BCUT2D eigenvalue weighted by Crippen LogP contribution is -2.65. The number of carbonyl (C=O) groups excluding carboxylic acids is 2. The highest BCUT2D eigenvalue weighted by Gasteiger charge is 2.85. The minimum absolute atomic E-state index is 0.0638. The molecule has 8 fully saturated rings. The first-order chi connectivity index (χ1) is 28.3. The van der Waals surface area contributed by atoms with Crippen LogP contribution in [-0.2, 0) is 42.7 Å². The lowest BCUT2D eigenvalue weighted by Gasteiger charge is -2.65. The Kier molecular flexibility index (Phi) is 11.5. The normalized spacial score (nSPS) is 53.8. The summed E-state index contributed by atoms with van der Waals surface area (Å²) in [6.07, 6.45) is -7.80. The fourth-order valence-corrected chi connectivity index (χ4v) is 15.5. The molecule has 0 aromatic rings. The van der Waals surface area contributed by atoms with E-state index < -0.39 is 109 Å². The van der Waals surface area contributed by atoms with Gasteiger partial charge in [0.25, 0.3) is 0 Å². The van der Waals surface area contributed by atoms with Gasteiger partial charge >= 0.3 is 11.9 Å². The van der Waals surface area contributed by atoms with E-state index in [1.165, 1.54) is 13.8 Å². The van der Waals surface area contributed by atoms with Gasteiger partial charge in [-0.1, -0.05) is 27.7 Å². The van der Waals surface area contributed by atoms with Crippen molar-refractivity contribution in [3.8, 4) is 0 Å². The van der Waals surface area contributed by atoms with Gasteiger partial charge in [-0.3, -0.25) is 9.59 Å². The number of aliphatic hydroxyl groups is 7. The van der Waals surface area contributed by atoms with E-state index in [0.29, 0.717) is 25.7 Å². The molecule has 0 aromatic carbocycles. The van der Waals surface area contributed by atoms with Gasteiger partial charge in [-0.15, -0.1) is 0 Å². The van der Waals surface area contributed by atoms with E-state index in [4.69, 9.17) is 33.2 Å². The molecular formula is C45H72O16. The second-order valence-electron chi connectivity index (χ2n) is 22.2. The van der Waals surface area contributed by atoms with Crippen molar-refractivity contribution in [1.82, 2.24) is 0 Å². The Balaban J connectivity index is 1.15. The van der Waals surface area contributed by atoms with E-state index in [1.54, 1.807) is 13.8 Å². The van der Waals surface area contributed by atoms with Crippen LogP contribution in [0.5, 0.6) is 0 Å². The molecule has 348 valence electrons. The zero-order valence-corrected chi connectivity index (χ0v) is 37.3. The van der Waals surface area contributed by atoms with Crippen LogP contribution < -0.4 is 0 Å². The van der Waals surface area contributed by atoms with Gasteiger partial charge in [0.05, 0.1) is 48.8 Å². The number of aliphatic hydroxyl groups excluding tert-OH is 6. The lowest BCUT2D eigenvalue weighted by molar-refractivity contribution is -0.339. The molecule has 7 unspecified atom stereocenters. The minimum Gasteiger partial charge on any atom is -0.455 e. The average Bonchev–Trinajstić information content (AvgIpc) is 3.52. The third-order valence-electron chi connectivity index (χ3n) is 18.2. The second kappa shape index (κ2) is 15.3. The number of esters is 2. The molecule has 3 heterocycles. The number of fused-ring (bicyclic) bond motifs is 2. The summed E-state index contributed by atoms with van der Waals surface area (Å²) in [6, 6.07) is 0. The Morgan fingerprint density at radius 3 is 2.05 bits per heavy atom. The van der Waals surface area contributed by atoms with Crippen molar-refractivity contribution in [3.05, 3.63) is 0 Å². The molecule has 16 heteroatoms. The van der Waals surface area contributed by atoms with Gasteiger partial charge in [0.1, 0.15) is 30.5 Å². The Bertz CT molecular complexity index is 1680. The molecule has 7 N–H and O–H groups in total. The highest BCUT2D eigenvalue weighted by atomic mass is 16.7. The molecule has 8 rings (SSSR count). The molecule has 5 saturated carbocycles. The summed E-state index contributed by atoms with van der Waals surface area (Å²) in [4.78, 5) is 24.5. The summed E-state index contributed by atoms with van der Waals surface area (Å²) in [5.41, 5.74) is -3.46. The monoisotopic (exact) mass is 868 g/mol. The first-order valence-electron chi connectivity index (χ1n) is 22.6. The lowest BCUT2D eigenvalue weighted by atomic mass is 9.41. The van der Waals surface area contributed by atoms with E-state index in [1.807, 2.05) is 0 Å². The van der Waals surface area contributed by atoms with Crippen molar-refractivity contribution in [2.75, 3.05) is 13.2 Å². The van der Waals surface area contributed by atoms with Crippen LogP contribution in [-0.4, -0.2) is 152 Å². The van der Waals surface area contributed by atoms with Crippen LogP contribution in [0, 0.1) is 44.8 Å². The molecule has 2 spiro atoms. The van der Waals surface area contributed by atoms with Crippen LogP contribution in [0.3, 0.4) is 0 Å². The van der Waals surface area contributed by atoms with E-state index in [-0.39, 0.29) is 52.1 Å².